The summed E-state index contributed by atoms with van der Waals surface area (Å²) in [6.07, 6.45) is 0.250. The molecule has 0 saturated heterocycles. The van der Waals surface area contributed by atoms with Crippen molar-refractivity contribution < 1.29 is 18.0 Å². The van der Waals surface area contributed by atoms with Gasteiger partial charge in [0.25, 0.3) is 10.0 Å². The predicted octanol–water partition coefficient (Wildman–Crippen LogP) is 6.82. The lowest BCUT2D eigenvalue weighted by molar-refractivity contribution is -0.140. The zero-order valence-corrected chi connectivity index (χ0v) is 28.7. The van der Waals surface area contributed by atoms with Gasteiger partial charge in [0.1, 0.15) is 12.6 Å². The van der Waals surface area contributed by atoms with Crippen LogP contribution in [0.2, 0.25) is 0 Å². The van der Waals surface area contributed by atoms with Gasteiger partial charge in [-0.2, -0.15) is 0 Å². The second kappa shape index (κ2) is 14.4. The highest BCUT2D eigenvalue weighted by Crippen LogP contribution is 2.29. The van der Waals surface area contributed by atoms with E-state index < -0.39 is 34.1 Å². The lowest BCUT2D eigenvalue weighted by Gasteiger charge is -2.35. The van der Waals surface area contributed by atoms with Gasteiger partial charge in [-0.1, -0.05) is 88.7 Å². The molecule has 4 aromatic carbocycles. The molecule has 0 unspecified atom stereocenters. The minimum Gasteiger partial charge on any atom is -0.350 e. The van der Waals surface area contributed by atoms with Crippen LogP contribution < -0.4 is 9.62 Å². The molecule has 9 heteroatoms. The maximum Gasteiger partial charge on any atom is 0.264 e. The molecule has 0 aliphatic heterocycles. The minimum atomic E-state index is -4.15. The summed E-state index contributed by atoms with van der Waals surface area (Å²) < 4.78 is 30.5. The maximum absolute atomic E-state index is 14.6. The smallest absolute Gasteiger partial charge is 0.264 e. The Bertz CT molecular complexity index is 1720. The van der Waals surface area contributed by atoms with Gasteiger partial charge in [0.15, 0.2) is 0 Å². The summed E-state index contributed by atoms with van der Waals surface area (Å²) in [7, 11) is -4.15. The van der Waals surface area contributed by atoms with E-state index in [9.17, 15) is 18.0 Å². The zero-order valence-electron chi connectivity index (χ0n) is 26.3. The number of benzene rings is 4. The van der Waals surface area contributed by atoms with Crippen molar-refractivity contribution in [3.63, 3.8) is 0 Å². The topological polar surface area (TPSA) is 86.8 Å². The number of nitrogens with one attached hydrogen (secondary N) is 1. The van der Waals surface area contributed by atoms with Crippen LogP contribution in [-0.2, 0) is 32.6 Å². The third-order valence-electron chi connectivity index (χ3n) is 7.49. The molecule has 1 atom stereocenters. The van der Waals surface area contributed by atoms with Gasteiger partial charge < -0.3 is 10.2 Å². The molecule has 0 spiro atoms. The molecule has 7 nitrogen and oxygen atoms in total. The van der Waals surface area contributed by atoms with Gasteiger partial charge in [0, 0.05) is 23.0 Å². The quantitative estimate of drug-likeness (QED) is 0.187. The van der Waals surface area contributed by atoms with Crippen LogP contribution in [-0.4, -0.2) is 43.3 Å². The van der Waals surface area contributed by atoms with E-state index in [1.807, 2.05) is 95.3 Å². The van der Waals surface area contributed by atoms with Crippen molar-refractivity contribution in [2.24, 2.45) is 0 Å². The van der Waals surface area contributed by atoms with E-state index >= 15 is 0 Å². The molecule has 45 heavy (non-hydrogen) atoms. The van der Waals surface area contributed by atoms with Crippen LogP contribution >= 0.6 is 15.9 Å². The van der Waals surface area contributed by atoms with E-state index in [1.165, 1.54) is 21.3 Å². The highest BCUT2D eigenvalue weighted by atomic mass is 79.9. The molecule has 0 aliphatic rings. The number of aryl methyl sites for hydroxylation is 1. The van der Waals surface area contributed by atoms with Gasteiger partial charge in [-0.3, -0.25) is 13.9 Å². The van der Waals surface area contributed by atoms with Gasteiger partial charge in [-0.15, -0.1) is 0 Å². The SMILES string of the molecule is Cc1cccc(N(CC(=O)N(Cc2ccc(Br)cc2)[C@@H](Cc2ccccc2)C(=O)NC(C)(C)C)S(=O)(=O)c2ccccc2)c1C. The third-order valence-corrected chi connectivity index (χ3v) is 9.79. The molecule has 236 valence electrons. The molecule has 0 saturated carbocycles. The maximum atomic E-state index is 14.6. The number of rotatable bonds is 11. The first kappa shape index (κ1) is 33.9. The Labute approximate surface area is 275 Å². The summed E-state index contributed by atoms with van der Waals surface area (Å²) in [5.41, 5.74) is 3.18. The molecule has 4 aromatic rings. The largest absolute Gasteiger partial charge is 0.350 e. The van der Waals surface area contributed by atoms with Crippen molar-refractivity contribution in [3.05, 3.63) is 130 Å². The molecule has 0 bridgehead atoms. The van der Waals surface area contributed by atoms with E-state index in [0.717, 1.165) is 26.7 Å². The van der Waals surface area contributed by atoms with Crippen LogP contribution in [0.15, 0.2) is 112 Å². The fourth-order valence-corrected chi connectivity index (χ4v) is 6.79. The van der Waals surface area contributed by atoms with Crippen LogP contribution in [0.1, 0.15) is 43.0 Å². The lowest BCUT2D eigenvalue weighted by Crippen LogP contribution is -2.56. The van der Waals surface area contributed by atoms with E-state index in [4.69, 9.17) is 0 Å². The Morgan fingerprint density at radius 2 is 1.40 bits per heavy atom. The molecule has 2 amide bonds. The summed E-state index contributed by atoms with van der Waals surface area (Å²) in [5, 5.41) is 3.06. The van der Waals surface area contributed by atoms with Gasteiger partial charge in [-0.25, -0.2) is 8.42 Å². The minimum absolute atomic E-state index is 0.0736. The summed E-state index contributed by atoms with van der Waals surface area (Å²) in [4.78, 5) is 30.2. The fourth-order valence-electron chi connectivity index (χ4n) is 5.03. The average molecular weight is 691 g/mol. The predicted molar refractivity (Wildman–Crippen MR) is 183 cm³/mol. The number of hydrogen-bond acceptors (Lipinski definition) is 4. The molecule has 0 aliphatic carbocycles. The average Bonchev–Trinajstić information content (AvgIpc) is 3.00. The number of carbonyl (C=O) groups excluding carboxylic acids is 2. The summed E-state index contributed by atoms with van der Waals surface area (Å²) in [6, 6.07) is 29.6. The Kier molecular flexibility index (Phi) is 10.9. The second-order valence-electron chi connectivity index (χ2n) is 12.1. The Hall–Kier alpha value is -3.95. The molecule has 0 aromatic heterocycles. The van der Waals surface area contributed by atoms with Gasteiger partial charge in [-0.05, 0) is 87.2 Å². The van der Waals surface area contributed by atoms with Crippen LogP contribution in [0, 0.1) is 13.8 Å². The number of nitrogens with zero attached hydrogens (tertiary/aromatic N) is 2. The van der Waals surface area contributed by atoms with Crippen LogP contribution in [0.3, 0.4) is 0 Å². The van der Waals surface area contributed by atoms with Crippen molar-refractivity contribution >= 4 is 43.5 Å². The van der Waals surface area contributed by atoms with Crippen molar-refractivity contribution in [1.82, 2.24) is 10.2 Å². The standard InChI is InChI=1S/C36H40BrN3O4S/c1-26-13-12-18-32(27(26)2)40(45(43,44)31-16-10-7-11-17-31)25-34(41)39(24-29-19-21-30(37)22-20-29)33(35(42)38-36(3,4)5)23-28-14-8-6-9-15-28/h6-22,33H,23-25H2,1-5H3,(H,38,42)/t33-/m0/s1. The number of hydrogen-bond donors (Lipinski definition) is 1. The van der Waals surface area contributed by atoms with E-state index in [2.05, 4.69) is 21.2 Å². The summed E-state index contributed by atoms with van der Waals surface area (Å²) in [6.45, 7) is 9.03. The molecule has 0 radical (unpaired) electrons. The normalized spacial score (nSPS) is 12.3. The first-order chi connectivity index (χ1) is 21.3. The van der Waals surface area contributed by atoms with Crippen LogP contribution in [0.25, 0.3) is 0 Å². The Morgan fingerprint density at radius 3 is 2.00 bits per heavy atom. The van der Waals surface area contributed by atoms with Gasteiger partial charge in [0.05, 0.1) is 10.6 Å². The van der Waals surface area contributed by atoms with E-state index in [1.54, 1.807) is 30.3 Å². The monoisotopic (exact) mass is 689 g/mol. The molecular formula is C36H40BrN3O4S. The number of sulfonamides is 1. The van der Waals surface area contributed by atoms with Gasteiger partial charge >= 0.3 is 0 Å². The first-order valence-electron chi connectivity index (χ1n) is 14.8. The zero-order chi connectivity index (χ0) is 32.8. The molecule has 0 heterocycles. The van der Waals surface area contributed by atoms with Gasteiger partial charge in [0.2, 0.25) is 11.8 Å². The highest BCUT2D eigenvalue weighted by Gasteiger charge is 2.36. The molecule has 1 N–H and O–H groups in total. The van der Waals surface area contributed by atoms with Crippen molar-refractivity contribution in [3.8, 4) is 0 Å². The summed E-state index contributed by atoms with van der Waals surface area (Å²) >= 11 is 3.47. The molecule has 0 fully saturated rings. The lowest BCUT2D eigenvalue weighted by atomic mass is 10.0. The molecule has 4 rings (SSSR count). The van der Waals surface area contributed by atoms with Crippen molar-refractivity contribution in [2.75, 3.05) is 10.8 Å². The van der Waals surface area contributed by atoms with Crippen molar-refractivity contribution in [1.29, 1.82) is 0 Å². The van der Waals surface area contributed by atoms with Crippen molar-refractivity contribution in [2.45, 2.75) is 64.1 Å². The number of carbonyl (C=O) groups is 2. The van der Waals surface area contributed by atoms with E-state index in [-0.39, 0.29) is 23.8 Å². The number of anilines is 1. The number of amides is 2. The second-order valence-corrected chi connectivity index (χ2v) is 14.9. The highest BCUT2D eigenvalue weighted by molar-refractivity contribution is 9.10. The van der Waals surface area contributed by atoms with E-state index in [0.29, 0.717) is 5.69 Å². The Morgan fingerprint density at radius 1 is 0.800 bits per heavy atom. The fraction of sp³-hybridized carbons (Fsp3) is 0.278. The van der Waals surface area contributed by atoms with Crippen LogP contribution in [0.5, 0.6) is 0 Å². The first-order valence-corrected chi connectivity index (χ1v) is 17.0. The number of halogens is 1. The Balaban J connectivity index is 1.84. The summed E-state index contributed by atoms with van der Waals surface area (Å²) in [5.74, 6) is -0.815. The third kappa shape index (κ3) is 8.83. The molecular weight excluding hydrogens is 650 g/mol. The van der Waals surface area contributed by atoms with Crippen LogP contribution in [0.4, 0.5) is 5.69 Å².